The van der Waals surface area contributed by atoms with E-state index < -0.39 is 0 Å². The van der Waals surface area contributed by atoms with E-state index in [1.807, 2.05) is 37.2 Å². The summed E-state index contributed by atoms with van der Waals surface area (Å²) in [4.78, 5) is 16.6. The Morgan fingerprint density at radius 1 is 1.19 bits per heavy atom. The normalized spacial score (nSPS) is 12.4. The lowest BCUT2D eigenvalue weighted by molar-refractivity contribution is -0.133. The van der Waals surface area contributed by atoms with Gasteiger partial charge in [-0.25, -0.2) is 0 Å². The standard InChI is InChI=1S/C17H29N3O/c1-4-15(13-18)12-17(21)20(11-10-19(2)3)14-16-8-6-5-7-9-16/h5-9,15H,4,10-14,18H2,1-3H3. The number of amides is 1. The average Bonchev–Trinajstić information content (AvgIpc) is 2.49. The molecule has 4 nitrogen and oxygen atoms in total. The molecule has 0 aliphatic carbocycles. The van der Waals surface area contributed by atoms with Crippen LogP contribution in [-0.2, 0) is 11.3 Å². The molecule has 2 N–H and O–H groups in total. The van der Waals surface area contributed by atoms with Crippen LogP contribution in [-0.4, -0.2) is 49.4 Å². The van der Waals surface area contributed by atoms with Gasteiger partial charge in [0.25, 0.3) is 0 Å². The summed E-state index contributed by atoms with van der Waals surface area (Å²) >= 11 is 0. The summed E-state index contributed by atoms with van der Waals surface area (Å²) in [5, 5.41) is 0. The third kappa shape index (κ3) is 6.74. The zero-order valence-electron chi connectivity index (χ0n) is 13.6. The molecule has 0 aromatic heterocycles. The van der Waals surface area contributed by atoms with Crippen LogP contribution in [0.5, 0.6) is 0 Å². The van der Waals surface area contributed by atoms with Crippen LogP contribution < -0.4 is 5.73 Å². The second-order valence-electron chi connectivity index (χ2n) is 5.82. The second-order valence-corrected chi connectivity index (χ2v) is 5.82. The van der Waals surface area contributed by atoms with Crippen LogP contribution in [0.4, 0.5) is 0 Å². The highest BCUT2D eigenvalue weighted by Gasteiger charge is 2.17. The van der Waals surface area contributed by atoms with Crippen molar-refractivity contribution in [2.45, 2.75) is 26.3 Å². The van der Waals surface area contributed by atoms with Gasteiger partial charge >= 0.3 is 0 Å². The van der Waals surface area contributed by atoms with Gasteiger partial charge in [0.15, 0.2) is 0 Å². The van der Waals surface area contributed by atoms with Gasteiger partial charge in [-0.3, -0.25) is 4.79 Å². The number of likely N-dealkylation sites (N-methyl/N-ethyl adjacent to an activating group) is 1. The van der Waals surface area contributed by atoms with Crippen LogP contribution in [0.2, 0.25) is 0 Å². The smallest absolute Gasteiger partial charge is 0.223 e. The zero-order valence-corrected chi connectivity index (χ0v) is 13.6. The van der Waals surface area contributed by atoms with Gasteiger partial charge in [0, 0.05) is 26.1 Å². The third-order valence-corrected chi connectivity index (χ3v) is 3.76. The topological polar surface area (TPSA) is 49.6 Å². The van der Waals surface area contributed by atoms with E-state index in [1.54, 1.807) is 0 Å². The van der Waals surface area contributed by atoms with E-state index in [-0.39, 0.29) is 11.8 Å². The summed E-state index contributed by atoms with van der Waals surface area (Å²) < 4.78 is 0. The Hall–Kier alpha value is -1.39. The van der Waals surface area contributed by atoms with Crippen LogP contribution in [0.3, 0.4) is 0 Å². The molecular weight excluding hydrogens is 262 g/mol. The first-order chi connectivity index (χ1) is 10.1. The molecule has 0 radical (unpaired) electrons. The molecular formula is C17H29N3O. The number of rotatable bonds is 9. The maximum absolute atomic E-state index is 12.5. The van der Waals surface area contributed by atoms with Crippen molar-refractivity contribution in [2.75, 3.05) is 33.7 Å². The predicted octanol–water partition coefficient (Wildman–Crippen LogP) is 1.95. The molecule has 1 rings (SSSR count). The number of carbonyl (C=O) groups excluding carboxylic acids is 1. The van der Waals surface area contributed by atoms with Crippen LogP contribution in [0, 0.1) is 5.92 Å². The van der Waals surface area contributed by atoms with E-state index in [4.69, 9.17) is 5.73 Å². The van der Waals surface area contributed by atoms with Gasteiger partial charge in [0.1, 0.15) is 0 Å². The maximum atomic E-state index is 12.5. The summed E-state index contributed by atoms with van der Waals surface area (Å²) in [5.41, 5.74) is 6.90. The summed E-state index contributed by atoms with van der Waals surface area (Å²) in [5.74, 6) is 0.494. The molecule has 1 aromatic carbocycles. The highest BCUT2D eigenvalue weighted by atomic mass is 16.2. The minimum atomic E-state index is 0.206. The molecule has 0 spiro atoms. The van der Waals surface area contributed by atoms with Gasteiger partial charge < -0.3 is 15.5 Å². The summed E-state index contributed by atoms with van der Waals surface area (Å²) in [6, 6.07) is 10.2. The van der Waals surface area contributed by atoms with E-state index >= 15 is 0 Å². The molecule has 21 heavy (non-hydrogen) atoms. The van der Waals surface area contributed by atoms with E-state index in [9.17, 15) is 4.79 Å². The largest absolute Gasteiger partial charge is 0.337 e. The highest BCUT2D eigenvalue weighted by molar-refractivity contribution is 5.76. The van der Waals surface area contributed by atoms with Gasteiger partial charge in [0.2, 0.25) is 5.91 Å². The fraction of sp³-hybridized carbons (Fsp3) is 0.588. The lowest BCUT2D eigenvalue weighted by Crippen LogP contribution is -2.37. The van der Waals surface area contributed by atoms with Crippen molar-refractivity contribution in [2.24, 2.45) is 11.7 Å². The summed E-state index contributed by atoms with van der Waals surface area (Å²) in [6.07, 6.45) is 1.50. The first-order valence-corrected chi connectivity index (χ1v) is 7.73. The Kier molecular flexibility index (Phi) is 8.01. The predicted molar refractivity (Wildman–Crippen MR) is 87.9 cm³/mol. The molecule has 0 aliphatic heterocycles. The van der Waals surface area contributed by atoms with Gasteiger partial charge in [-0.15, -0.1) is 0 Å². The van der Waals surface area contributed by atoms with Crippen molar-refractivity contribution in [3.8, 4) is 0 Å². The molecule has 118 valence electrons. The molecule has 0 saturated carbocycles. The van der Waals surface area contributed by atoms with Crippen molar-refractivity contribution in [3.63, 3.8) is 0 Å². The number of hydrogen-bond donors (Lipinski definition) is 1. The Morgan fingerprint density at radius 2 is 1.86 bits per heavy atom. The molecule has 1 aromatic rings. The van der Waals surface area contributed by atoms with Gasteiger partial charge in [0.05, 0.1) is 0 Å². The van der Waals surface area contributed by atoms with E-state index in [2.05, 4.69) is 24.0 Å². The molecule has 1 unspecified atom stereocenters. The quantitative estimate of drug-likeness (QED) is 0.756. The molecule has 0 saturated heterocycles. The van der Waals surface area contributed by atoms with Crippen molar-refractivity contribution in [3.05, 3.63) is 35.9 Å². The molecule has 1 atom stereocenters. The number of nitrogens with two attached hydrogens (primary N) is 1. The second kappa shape index (κ2) is 9.53. The minimum Gasteiger partial charge on any atom is -0.337 e. The van der Waals surface area contributed by atoms with Crippen molar-refractivity contribution < 1.29 is 4.79 Å². The fourth-order valence-electron chi connectivity index (χ4n) is 2.19. The van der Waals surface area contributed by atoms with Crippen LogP contribution >= 0.6 is 0 Å². The third-order valence-electron chi connectivity index (χ3n) is 3.76. The van der Waals surface area contributed by atoms with Crippen molar-refractivity contribution in [1.82, 2.24) is 9.80 Å². The van der Waals surface area contributed by atoms with Gasteiger partial charge in [-0.05, 0) is 32.1 Å². The Bertz CT molecular complexity index is 402. The fourth-order valence-corrected chi connectivity index (χ4v) is 2.19. The zero-order chi connectivity index (χ0) is 15.7. The molecule has 1 amide bonds. The molecule has 0 aliphatic rings. The van der Waals surface area contributed by atoms with Gasteiger partial charge in [-0.2, -0.15) is 0 Å². The number of carbonyl (C=O) groups is 1. The van der Waals surface area contributed by atoms with E-state index in [0.717, 1.165) is 19.5 Å². The SMILES string of the molecule is CCC(CN)CC(=O)N(CCN(C)C)Cc1ccccc1. The lowest BCUT2D eigenvalue weighted by atomic mass is 10.0. The minimum absolute atomic E-state index is 0.206. The number of hydrogen-bond acceptors (Lipinski definition) is 3. The lowest BCUT2D eigenvalue weighted by Gasteiger charge is -2.26. The van der Waals surface area contributed by atoms with E-state index in [1.165, 1.54) is 5.56 Å². The molecule has 0 bridgehead atoms. The van der Waals surface area contributed by atoms with Crippen molar-refractivity contribution >= 4 is 5.91 Å². The first-order valence-electron chi connectivity index (χ1n) is 7.73. The number of benzene rings is 1. The Balaban J connectivity index is 2.69. The average molecular weight is 291 g/mol. The molecule has 0 fully saturated rings. The maximum Gasteiger partial charge on any atom is 0.223 e. The summed E-state index contributed by atoms with van der Waals surface area (Å²) in [7, 11) is 4.06. The monoisotopic (exact) mass is 291 g/mol. The number of nitrogens with zero attached hydrogens (tertiary/aromatic N) is 2. The van der Waals surface area contributed by atoms with E-state index in [0.29, 0.717) is 19.5 Å². The van der Waals surface area contributed by atoms with Crippen molar-refractivity contribution in [1.29, 1.82) is 0 Å². The molecule has 4 heteroatoms. The van der Waals surface area contributed by atoms with Gasteiger partial charge in [-0.1, -0.05) is 43.7 Å². The highest BCUT2D eigenvalue weighted by Crippen LogP contribution is 2.12. The van der Waals surface area contributed by atoms with Crippen LogP contribution in [0.1, 0.15) is 25.3 Å². The molecule has 0 heterocycles. The Labute approximate surface area is 128 Å². The van der Waals surface area contributed by atoms with Crippen LogP contribution in [0.15, 0.2) is 30.3 Å². The van der Waals surface area contributed by atoms with Crippen LogP contribution in [0.25, 0.3) is 0 Å². The Morgan fingerprint density at radius 3 is 2.38 bits per heavy atom. The summed E-state index contributed by atoms with van der Waals surface area (Å²) in [6.45, 7) is 4.97. The first kappa shape index (κ1) is 17.7.